The summed E-state index contributed by atoms with van der Waals surface area (Å²) in [6, 6.07) is 0. The van der Waals surface area contributed by atoms with Gasteiger partial charge in [-0.2, -0.15) is 8.78 Å². The molecule has 0 atom stereocenters. The van der Waals surface area contributed by atoms with Crippen LogP contribution in [-0.4, -0.2) is 18.1 Å². The Labute approximate surface area is 95.6 Å². The van der Waals surface area contributed by atoms with E-state index in [4.69, 9.17) is 5.11 Å². The summed E-state index contributed by atoms with van der Waals surface area (Å²) in [4.78, 5) is 0. The van der Waals surface area contributed by atoms with Gasteiger partial charge in [0.1, 0.15) is 0 Å². The average molecular weight is 278 g/mol. The molecule has 2 nitrogen and oxygen atoms in total. The normalized spacial score (nSPS) is 11.8. The number of halogens is 7. The summed E-state index contributed by atoms with van der Waals surface area (Å²) in [6.07, 6.45) is -6.29. The molecule has 0 aliphatic carbocycles. The molecule has 1 N–H and O–H groups in total. The lowest BCUT2D eigenvalue weighted by atomic mass is 10.1. The van der Waals surface area contributed by atoms with Gasteiger partial charge in [-0.25, -0.2) is 8.78 Å². The van der Waals surface area contributed by atoms with E-state index in [1.165, 1.54) is 0 Å². The topological polar surface area (TPSA) is 29.5 Å². The maximum atomic E-state index is 13.1. The van der Waals surface area contributed by atoms with E-state index in [2.05, 4.69) is 4.74 Å². The van der Waals surface area contributed by atoms with Crippen LogP contribution in [0.4, 0.5) is 30.7 Å². The molecule has 1 aromatic rings. The van der Waals surface area contributed by atoms with Crippen LogP contribution in [0.25, 0.3) is 0 Å². The predicted molar refractivity (Wildman–Crippen MR) is 43.7 cm³/mol. The van der Waals surface area contributed by atoms with Gasteiger partial charge in [0.2, 0.25) is 17.4 Å². The van der Waals surface area contributed by atoms with Crippen molar-refractivity contribution in [3.63, 3.8) is 0 Å². The van der Waals surface area contributed by atoms with E-state index >= 15 is 0 Å². The highest BCUT2D eigenvalue weighted by atomic mass is 19.4. The van der Waals surface area contributed by atoms with Crippen LogP contribution in [0.5, 0.6) is 5.75 Å². The molecule has 0 radical (unpaired) electrons. The van der Waals surface area contributed by atoms with E-state index in [0.29, 0.717) is 0 Å². The summed E-state index contributed by atoms with van der Waals surface area (Å²) in [6.45, 7) is -0.841. The summed E-state index contributed by atoms with van der Waals surface area (Å²) in [7, 11) is 0. The van der Waals surface area contributed by atoms with Crippen molar-refractivity contribution < 1.29 is 40.6 Å². The second kappa shape index (κ2) is 5.01. The monoisotopic (exact) mass is 278 g/mol. The zero-order valence-electron chi connectivity index (χ0n) is 8.42. The molecule has 0 heterocycles. The summed E-state index contributed by atoms with van der Waals surface area (Å²) in [5.74, 6) is -10.9. The Bertz CT molecular complexity index is 426. The van der Waals surface area contributed by atoms with Gasteiger partial charge in [0.15, 0.2) is 11.6 Å². The van der Waals surface area contributed by atoms with Crippen LogP contribution in [-0.2, 0) is 6.42 Å². The summed E-state index contributed by atoms with van der Waals surface area (Å²) in [5, 5.41) is 8.42. The van der Waals surface area contributed by atoms with Gasteiger partial charge in [0.25, 0.3) is 0 Å². The van der Waals surface area contributed by atoms with Crippen LogP contribution >= 0.6 is 0 Å². The Balaban J connectivity index is 3.39. The fraction of sp³-hybridized carbons (Fsp3) is 0.333. The molecule has 0 aliphatic rings. The number of alkyl halides is 3. The van der Waals surface area contributed by atoms with Gasteiger partial charge in [0, 0.05) is 18.6 Å². The molecular formula is C9H5F7O2. The molecule has 0 amide bonds. The lowest BCUT2D eigenvalue weighted by Crippen LogP contribution is -2.20. The Kier molecular flexibility index (Phi) is 4.05. The van der Waals surface area contributed by atoms with E-state index in [1.807, 2.05) is 0 Å². The molecule has 0 saturated carbocycles. The van der Waals surface area contributed by atoms with Gasteiger partial charge < -0.3 is 9.84 Å². The van der Waals surface area contributed by atoms with Crippen LogP contribution in [0.1, 0.15) is 5.56 Å². The van der Waals surface area contributed by atoms with Gasteiger partial charge in [-0.05, 0) is 0 Å². The molecule has 0 fully saturated rings. The van der Waals surface area contributed by atoms with Crippen LogP contribution in [0.15, 0.2) is 0 Å². The highest BCUT2D eigenvalue weighted by Gasteiger charge is 2.37. The summed E-state index contributed by atoms with van der Waals surface area (Å²) >= 11 is 0. The van der Waals surface area contributed by atoms with Crippen LogP contribution in [0.3, 0.4) is 0 Å². The lowest BCUT2D eigenvalue weighted by Gasteiger charge is -2.13. The van der Waals surface area contributed by atoms with Crippen molar-refractivity contribution in [2.45, 2.75) is 12.8 Å². The van der Waals surface area contributed by atoms with E-state index in [9.17, 15) is 30.7 Å². The third-order valence-electron chi connectivity index (χ3n) is 1.89. The number of benzene rings is 1. The van der Waals surface area contributed by atoms with E-state index in [-0.39, 0.29) is 0 Å². The molecule has 0 unspecified atom stereocenters. The maximum Gasteiger partial charge on any atom is 0.573 e. The number of hydrogen-bond donors (Lipinski definition) is 1. The van der Waals surface area contributed by atoms with Crippen molar-refractivity contribution in [2.75, 3.05) is 6.61 Å². The van der Waals surface area contributed by atoms with E-state index in [0.717, 1.165) is 0 Å². The smallest absolute Gasteiger partial charge is 0.399 e. The van der Waals surface area contributed by atoms with Gasteiger partial charge in [-0.15, -0.1) is 13.2 Å². The first-order chi connectivity index (χ1) is 8.19. The standard InChI is InChI=1S/C9H5F7O2/c10-4-3(1-2-17)5(11)7(13)8(6(4)12)18-9(14,15)16/h17H,1-2H2. The van der Waals surface area contributed by atoms with Gasteiger partial charge in [0.05, 0.1) is 0 Å². The minimum Gasteiger partial charge on any atom is -0.399 e. The van der Waals surface area contributed by atoms with Crippen molar-refractivity contribution in [3.05, 3.63) is 28.8 Å². The second-order valence-corrected chi connectivity index (χ2v) is 3.09. The highest BCUT2D eigenvalue weighted by molar-refractivity contribution is 5.34. The molecule has 0 aromatic heterocycles. The summed E-state index contributed by atoms with van der Waals surface area (Å²) in [5.41, 5.74) is -1.19. The molecule has 9 heteroatoms. The molecule has 1 rings (SSSR count). The Morgan fingerprint density at radius 2 is 1.33 bits per heavy atom. The first kappa shape index (κ1) is 14.6. The largest absolute Gasteiger partial charge is 0.573 e. The predicted octanol–water partition coefficient (Wildman–Crippen LogP) is 2.68. The van der Waals surface area contributed by atoms with Gasteiger partial charge in [-0.3, -0.25) is 0 Å². The van der Waals surface area contributed by atoms with Crippen LogP contribution in [0, 0.1) is 23.3 Å². The Hall–Kier alpha value is -1.51. The minimum atomic E-state index is -5.50. The number of hydrogen-bond acceptors (Lipinski definition) is 2. The van der Waals surface area contributed by atoms with E-state index < -0.39 is 54.0 Å². The minimum absolute atomic E-state index is 0.794. The number of rotatable bonds is 3. The number of aliphatic hydroxyl groups excluding tert-OH is 1. The van der Waals surface area contributed by atoms with E-state index in [1.54, 1.807) is 0 Å². The molecule has 0 bridgehead atoms. The highest BCUT2D eigenvalue weighted by Crippen LogP contribution is 2.33. The molecule has 18 heavy (non-hydrogen) atoms. The molecule has 102 valence electrons. The van der Waals surface area contributed by atoms with Gasteiger partial charge in [-0.1, -0.05) is 0 Å². The molecule has 0 spiro atoms. The Morgan fingerprint density at radius 1 is 0.889 bits per heavy atom. The Morgan fingerprint density at radius 3 is 1.67 bits per heavy atom. The zero-order chi connectivity index (χ0) is 14.1. The molecule has 0 aliphatic heterocycles. The van der Waals surface area contributed by atoms with Crippen molar-refractivity contribution in [2.24, 2.45) is 0 Å². The van der Waals surface area contributed by atoms with Crippen molar-refractivity contribution in [1.29, 1.82) is 0 Å². The maximum absolute atomic E-state index is 13.1. The third kappa shape index (κ3) is 2.84. The fourth-order valence-corrected chi connectivity index (χ4v) is 1.19. The zero-order valence-corrected chi connectivity index (χ0v) is 8.42. The molecular weight excluding hydrogens is 273 g/mol. The van der Waals surface area contributed by atoms with Crippen LogP contribution in [0.2, 0.25) is 0 Å². The van der Waals surface area contributed by atoms with Crippen LogP contribution < -0.4 is 4.74 Å². The SMILES string of the molecule is OCCc1c(F)c(F)c(OC(F)(F)F)c(F)c1F. The lowest BCUT2D eigenvalue weighted by molar-refractivity contribution is -0.276. The fourth-order valence-electron chi connectivity index (χ4n) is 1.19. The van der Waals surface area contributed by atoms with Crippen molar-refractivity contribution >= 4 is 0 Å². The second-order valence-electron chi connectivity index (χ2n) is 3.09. The van der Waals surface area contributed by atoms with Gasteiger partial charge >= 0.3 is 6.36 Å². The number of aliphatic hydroxyl groups is 1. The van der Waals surface area contributed by atoms with Crippen molar-refractivity contribution in [1.82, 2.24) is 0 Å². The quantitative estimate of drug-likeness (QED) is 0.680. The first-order valence-electron chi connectivity index (χ1n) is 4.40. The molecule has 1 aromatic carbocycles. The van der Waals surface area contributed by atoms with Crippen molar-refractivity contribution in [3.8, 4) is 5.75 Å². The number of ether oxygens (including phenoxy) is 1. The average Bonchev–Trinajstić information content (AvgIpc) is 2.26. The molecule has 0 saturated heterocycles. The third-order valence-corrected chi connectivity index (χ3v) is 1.89. The summed E-state index contributed by atoms with van der Waals surface area (Å²) < 4.78 is 90.6. The first-order valence-corrected chi connectivity index (χ1v) is 4.40.